The molecule has 0 saturated carbocycles. The third kappa shape index (κ3) is 1.59. The van der Waals surface area contributed by atoms with Gasteiger partial charge in [-0.15, -0.1) is 0 Å². The largest absolute Gasteiger partial charge is 0.346 e. The van der Waals surface area contributed by atoms with Gasteiger partial charge in [0.2, 0.25) is 0 Å². The molecule has 1 aliphatic heterocycles. The van der Waals surface area contributed by atoms with Gasteiger partial charge in [0, 0.05) is 30.6 Å². The topological polar surface area (TPSA) is 17.0 Å². The Morgan fingerprint density at radius 2 is 2.24 bits per heavy atom. The smallest absolute Gasteiger partial charge is 0.0672 e. The summed E-state index contributed by atoms with van der Waals surface area (Å²) in [5.74, 6) is 0.628. The van der Waals surface area contributed by atoms with E-state index in [1.807, 2.05) is 12.1 Å². The van der Waals surface area contributed by atoms with Crippen LogP contribution in [0.5, 0.6) is 0 Å². The van der Waals surface area contributed by atoms with E-state index < -0.39 is 0 Å². The Labute approximate surface area is 107 Å². The van der Waals surface area contributed by atoms with Crippen LogP contribution < -0.4 is 5.32 Å². The average Bonchev–Trinajstić information content (AvgIpc) is 2.88. The predicted octanol–water partition coefficient (Wildman–Crippen LogP) is 3.22. The second-order valence-electron chi connectivity index (χ2n) is 4.89. The fourth-order valence-corrected chi connectivity index (χ4v) is 3.44. The molecule has 1 saturated heterocycles. The number of hydrogen-bond acceptors (Lipinski definition) is 1. The van der Waals surface area contributed by atoms with Crippen molar-refractivity contribution >= 4 is 22.5 Å². The van der Waals surface area contributed by atoms with Gasteiger partial charge in [-0.2, -0.15) is 0 Å². The fourth-order valence-electron chi connectivity index (χ4n) is 3.14. The molecule has 0 radical (unpaired) electrons. The second kappa shape index (κ2) is 4.04. The number of nitrogens with one attached hydrogen (secondary N) is 1. The molecule has 1 N–H and O–H groups in total. The fraction of sp³-hybridized carbons (Fsp3) is 0.429. The number of fused-ring (bicyclic) bond motifs is 1. The molecule has 0 amide bonds. The molecule has 2 heterocycles. The lowest BCUT2D eigenvalue weighted by molar-refractivity contribution is 0.688. The Morgan fingerprint density at radius 3 is 2.88 bits per heavy atom. The van der Waals surface area contributed by atoms with Gasteiger partial charge < -0.3 is 9.88 Å². The molecular weight excluding hydrogens is 232 g/mol. The highest BCUT2D eigenvalue weighted by molar-refractivity contribution is 6.35. The summed E-state index contributed by atoms with van der Waals surface area (Å²) in [6, 6.07) is 6.18. The first kappa shape index (κ1) is 11.1. The van der Waals surface area contributed by atoms with Crippen LogP contribution >= 0.6 is 11.6 Å². The van der Waals surface area contributed by atoms with Crippen molar-refractivity contribution in [3.05, 3.63) is 34.5 Å². The standard InChI is InChI=1S/C14H17ClN2/c1-9-11-4-3-5-12(15)14(11)17(2)13(9)10-6-7-16-8-10/h3-5,10,16H,6-8H2,1-2H3. The van der Waals surface area contributed by atoms with Gasteiger partial charge in [-0.05, 0) is 31.5 Å². The number of nitrogens with zero attached hydrogens (tertiary/aromatic N) is 1. The Morgan fingerprint density at radius 1 is 1.41 bits per heavy atom. The molecule has 3 heteroatoms. The second-order valence-corrected chi connectivity index (χ2v) is 5.30. The number of benzene rings is 1. The van der Waals surface area contributed by atoms with Crippen LogP contribution in [0.25, 0.3) is 10.9 Å². The molecule has 0 bridgehead atoms. The van der Waals surface area contributed by atoms with E-state index in [0.29, 0.717) is 5.92 Å². The number of rotatable bonds is 1. The Kier molecular flexibility index (Phi) is 2.64. The van der Waals surface area contributed by atoms with Crippen LogP contribution in [0, 0.1) is 6.92 Å². The summed E-state index contributed by atoms with van der Waals surface area (Å²) in [6.07, 6.45) is 1.22. The van der Waals surface area contributed by atoms with Gasteiger partial charge >= 0.3 is 0 Å². The number of aromatic nitrogens is 1. The van der Waals surface area contributed by atoms with Crippen molar-refractivity contribution in [2.45, 2.75) is 19.3 Å². The van der Waals surface area contributed by atoms with Gasteiger partial charge in [-0.25, -0.2) is 0 Å². The molecule has 1 aromatic heterocycles. The first-order valence-electron chi connectivity index (χ1n) is 6.14. The highest BCUT2D eigenvalue weighted by atomic mass is 35.5. The summed E-state index contributed by atoms with van der Waals surface area (Å²) in [5.41, 5.74) is 4.00. The van der Waals surface area contributed by atoms with Crippen LogP contribution in [0.4, 0.5) is 0 Å². The van der Waals surface area contributed by atoms with Gasteiger partial charge in [0.05, 0.1) is 10.5 Å². The van der Waals surface area contributed by atoms with Crippen molar-refractivity contribution in [2.75, 3.05) is 13.1 Å². The minimum atomic E-state index is 0.628. The molecule has 1 fully saturated rings. The Bertz CT molecular complexity index is 565. The summed E-state index contributed by atoms with van der Waals surface area (Å²) in [7, 11) is 2.13. The Hall–Kier alpha value is -0.990. The zero-order valence-electron chi connectivity index (χ0n) is 10.3. The maximum Gasteiger partial charge on any atom is 0.0672 e. The maximum absolute atomic E-state index is 6.32. The van der Waals surface area contributed by atoms with Crippen molar-refractivity contribution in [3.63, 3.8) is 0 Å². The van der Waals surface area contributed by atoms with E-state index >= 15 is 0 Å². The SMILES string of the molecule is Cc1c(C2CCNC2)n(C)c2c(Cl)cccc12. The van der Waals surface area contributed by atoms with E-state index in [2.05, 4.69) is 29.9 Å². The molecule has 0 aliphatic carbocycles. The van der Waals surface area contributed by atoms with E-state index in [4.69, 9.17) is 11.6 Å². The average molecular weight is 249 g/mol. The van der Waals surface area contributed by atoms with Crippen molar-refractivity contribution in [3.8, 4) is 0 Å². The summed E-state index contributed by atoms with van der Waals surface area (Å²) in [6.45, 7) is 4.42. The monoisotopic (exact) mass is 248 g/mol. The zero-order valence-corrected chi connectivity index (χ0v) is 11.0. The van der Waals surface area contributed by atoms with Gasteiger partial charge in [-0.1, -0.05) is 23.7 Å². The van der Waals surface area contributed by atoms with Crippen molar-refractivity contribution in [1.29, 1.82) is 0 Å². The van der Waals surface area contributed by atoms with Crippen LogP contribution in [-0.4, -0.2) is 17.7 Å². The summed E-state index contributed by atoms with van der Waals surface area (Å²) in [4.78, 5) is 0. The summed E-state index contributed by atoms with van der Waals surface area (Å²) >= 11 is 6.32. The molecule has 17 heavy (non-hydrogen) atoms. The number of hydrogen-bond donors (Lipinski definition) is 1. The normalized spacial score (nSPS) is 20.3. The number of aryl methyl sites for hydroxylation is 2. The van der Waals surface area contributed by atoms with E-state index in [1.54, 1.807) is 0 Å². The molecule has 1 atom stereocenters. The van der Waals surface area contributed by atoms with Crippen LogP contribution in [0.1, 0.15) is 23.6 Å². The molecule has 1 aromatic carbocycles. The van der Waals surface area contributed by atoms with Crippen molar-refractivity contribution < 1.29 is 0 Å². The molecule has 1 unspecified atom stereocenters. The van der Waals surface area contributed by atoms with Crippen molar-refractivity contribution in [2.24, 2.45) is 7.05 Å². The van der Waals surface area contributed by atoms with Gasteiger partial charge in [0.25, 0.3) is 0 Å². The third-order valence-corrected chi connectivity index (χ3v) is 4.22. The number of halogens is 1. The van der Waals surface area contributed by atoms with E-state index in [1.165, 1.54) is 28.6 Å². The maximum atomic E-state index is 6.32. The first-order chi connectivity index (χ1) is 8.20. The Balaban J connectivity index is 2.28. The lowest BCUT2D eigenvalue weighted by Crippen LogP contribution is -2.11. The molecular formula is C14H17ClN2. The van der Waals surface area contributed by atoms with Gasteiger partial charge in [-0.3, -0.25) is 0 Å². The molecule has 3 rings (SSSR count). The minimum absolute atomic E-state index is 0.628. The lowest BCUT2D eigenvalue weighted by atomic mass is 10.0. The highest BCUT2D eigenvalue weighted by Gasteiger charge is 2.24. The summed E-state index contributed by atoms with van der Waals surface area (Å²) < 4.78 is 2.28. The van der Waals surface area contributed by atoms with E-state index in [9.17, 15) is 0 Å². The quantitative estimate of drug-likeness (QED) is 0.820. The lowest BCUT2D eigenvalue weighted by Gasteiger charge is -2.12. The molecule has 1 aliphatic rings. The predicted molar refractivity (Wildman–Crippen MR) is 72.9 cm³/mol. The van der Waals surface area contributed by atoms with Crippen LogP contribution in [0.15, 0.2) is 18.2 Å². The minimum Gasteiger partial charge on any atom is -0.346 e. The van der Waals surface area contributed by atoms with Gasteiger partial charge in [0.1, 0.15) is 0 Å². The zero-order chi connectivity index (χ0) is 12.0. The molecule has 2 aromatic rings. The first-order valence-corrected chi connectivity index (χ1v) is 6.52. The number of para-hydroxylation sites is 1. The van der Waals surface area contributed by atoms with Crippen LogP contribution in [0.2, 0.25) is 5.02 Å². The summed E-state index contributed by atoms with van der Waals surface area (Å²) in [5, 5.41) is 5.58. The molecule has 2 nitrogen and oxygen atoms in total. The van der Waals surface area contributed by atoms with Crippen molar-refractivity contribution in [1.82, 2.24) is 9.88 Å². The van der Waals surface area contributed by atoms with E-state index in [0.717, 1.165) is 18.1 Å². The van der Waals surface area contributed by atoms with E-state index in [-0.39, 0.29) is 0 Å². The van der Waals surface area contributed by atoms with Gasteiger partial charge in [0.15, 0.2) is 0 Å². The van der Waals surface area contributed by atoms with Crippen LogP contribution in [-0.2, 0) is 7.05 Å². The molecule has 90 valence electrons. The van der Waals surface area contributed by atoms with Crippen LogP contribution in [0.3, 0.4) is 0 Å². The highest BCUT2D eigenvalue weighted by Crippen LogP contribution is 2.35. The third-order valence-electron chi connectivity index (χ3n) is 3.92. The molecule has 0 spiro atoms.